The quantitative estimate of drug-likeness (QED) is 0.818. The van der Waals surface area contributed by atoms with Gasteiger partial charge in [-0.15, -0.1) is 12.4 Å². The summed E-state index contributed by atoms with van der Waals surface area (Å²) < 4.78 is 6.16. The van der Waals surface area contributed by atoms with Crippen LogP contribution in [0.1, 0.15) is 48.8 Å². The third-order valence-corrected chi connectivity index (χ3v) is 6.87. The Morgan fingerprint density at radius 2 is 1.92 bits per heavy atom. The van der Waals surface area contributed by atoms with E-state index in [1.807, 2.05) is 0 Å². The van der Waals surface area contributed by atoms with Crippen LogP contribution in [-0.2, 0) is 18.4 Å². The van der Waals surface area contributed by atoms with E-state index in [4.69, 9.17) is 4.74 Å². The van der Waals surface area contributed by atoms with E-state index >= 15 is 0 Å². The Bertz CT molecular complexity index is 758. The van der Waals surface area contributed by atoms with E-state index in [-0.39, 0.29) is 12.4 Å². The van der Waals surface area contributed by atoms with Gasteiger partial charge in [0.15, 0.2) is 0 Å². The monoisotopic (exact) mass is 369 g/mol. The summed E-state index contributed by atoms with van der Waals surface area (Å²) >= 11 is 0. The Morgan fingerprint density at radius 3 is 2.81 bits per heavy atom. The first-order chi connectivity index (χ1) is 12.4. The van der Waals surface area contributed by atoms with Crippen molar-refractivity contribution in [1.82, 2.24) is 5.32 Å². The third kappa shape index (κ3) is 2.93. The van der Waals surface area contributed by atoms with E-state index in [0.717, 1.165) is 11.7 Å². The number of piperidine rings is 1. The van der Waals surface area contributed by atoms with E-state index < -0.39 is 0 Å². The van der Waals surface area contributed by atoms with Crippen LogP contribution in [0.25, 0.3) is 0 Å². The standard InChI is InChI=1S/C23H27NO.ClH/c1-2-6-17(7-3-1)16-25-19-10-9-18-14-22-20-8-4-5-11-23(20,12-13-24-22)21(18)15-19;/h1-3,6-7,9-10,15,20,22,24H,4-5,8,11-14,16H2;1H. The first-order valence-corrected chi connectivity index (χ1v) is 9.89. The summed E-state index contributed by atoms with van der Waals surface area (Å²) in [6.07, 6.45) is 8.04. The molecule has 3 aliphatic rings. The molecule has 0 radical (unpaired) electrons. The van der Waals surface area contributed by atoms with Crippen molar-refractivity contribution in [1.29, 1.82) is 0 Å². The highest BCUT2D eigenvalue weighted by atomic mass is 35.5. The molecule has 0 spiro atoms. The van der Waals surface area contributed by atoms with Gasteiger partial charge in [-0.3, -0.25) is 0 Å². The minimum Gasteiger partial charge on any atom is -0.489 e. The van der Waals surface area contributed by atoms with Crippen molar-refractivity contribution in [3.05, 3.63) is 65.2 Å². The van der Waals surface area contributed by atoms with Gasteiger partial charge in [0.1, 0.15) is 12.4 Å². The van der Waals surface area contributed by atoms with Gasteiger partial charge in [-0.2, -0.15) is 0 Å². The van der Waals surface area contributed by atoms with Crippen LogP contribution in [0.4, 0.5) is 0 Å². The lowest BCUT2D eigenvalue weighted by molar-refractivity contribution is 0.0794. The van der Waals surface area contributed by atoms with Crippen LogP contribution in [0, 0.1) is 5.92 Å². The van der Waals surface area contributed by atoms with Crippen molar-refractivity contribution in [2.45, 2.75) is 56.6 Å². The summed E-state index contributed by atoms with van der Waals surface area (Å²) in [5.41, 5.74) is 4.81. The van der Waals surface area contributed by atoms with Crippen LogP contribution in [0.3, 0.4) is 0 Å². The van der Waals surface area contributed by atoms with Gasteiger partial charge in [-0.25, -0.2) is 0 Å². The predicted octanol–water partition coefficient (Wildman–Crippen LogP) is 5.03. The van der Waals surface area contributed by atoms with Crippen LogP contribution < -0.4 is 10.1 Å². The molecule has 1 aliphatic heterocycles. The maximum atomic E-state index is 6.16. The summed E-state index contributed by atoms with van der Waals surface area (Å²) in [6.45, 7) is 1.83. The smallest absolute Gasteiger partial charge is 0.120 e. The lowest BCUT2D eigenvalue weighted by Gasteiger charge is -2.56. The van der Waals surface area contributed by atoms with Crippen LogP contribution in [0.5, 0.6) is 5.75 Å². The first-order valence-electron chi connectivity index (χ1n) is 9.89. The summed E-state index contributed by atoms with van der Waals surface area (Å²) in [5, 5.41) is 3.82. The highest BCUT2D eigenvalue weighted by Crippen LogP contribution is 2.54. The minimum atomic E-state index is 0. The van der Waals surface area contributed by atoms with E-state index in [1.54, 1.807) is 11.1 Å². The molecule has 26 heavy (non-hydrogen) atoms. The topological polar surface area (TPSA) is 21.3 Å². The Morgan fingerprint density at radius 1 is 1.04 bits per heavy atom. The molecule has 1 saturated heterocycles. The molecule has 2 aromatic rings. The molecule has 2 aliphatic carbocycles. The molecule has 138 valence electrons. The van der Waals surface area contributed by atoms with Gasteiger partial charge in [0.25, 0.3) is 0 Å². The summed E-state index contributed by atoms with van der Waals surface area (Å²) in [6, 6.07) is 18.1. The van der Waals surface area contributed by atoms with Gasteiger partial charge < -0.3 is 10.1 Å². The van der Waals surface area contributed by atoms with Crippen LogP contribution >= 0.6 is 12.4 Å². The van der Waals surface area contributed by atoms with Crippen molar-refractivity contribution in [2.75, 3.05) is 6.54 Å². The number of benzene rings is 2. The molecular formula is C23H28ClNO. The number of hydrogen-bond acceptors (Lipinski definition) is 2. The highest BCUT2D eigenvalue weighted by molar-refractivity contribution is 5.85. The second-order valence-corrected chi connectivity index (χ2v) is 8.12. The maximum Gasteiger partial charge on any atom is 0.120 e. The van der Waals surface area contributed by atoms with Crippen LogP contribution in [-0.4, -0.2) is 12.6 Å². The molecule has 3 unspecified atom stereocenters. The van der Waals surface area contributed by atoms with E-state index in [9.17, 15) is 0 Å². The lowest BCUT2D eigenvalue weighted by atomic mass is 9.53. The van der Waals surface area contributed by atoms with Gasteiger partial charge in [0, 0.05) is 11.5 Å². The SMILES string of the molecule is Cl.c1ccc(COc2ccc3c(c2)C24CCCCC2C(C3)NCC4)cc1. The van der Waals surface area contributed by atoms with Gasteiger partial charge in [-0.05, 0) is 67.0 Å². The fourth-order valence-corrected chi connectivity index (χ4v) is 5.73. The van der Waals surface area contributed by atoms with Gasteiger partial charge in [0.05, 0.1) is 0 Å². The van der Waals surface area contributed by atoms with E-state index in [0.29, 0.717) is 18.1 Å². The summed E-state index contributed by atoms with van der Waals surface area (Å²) in [5.74, 6) is 1.87. The highest BCUT2D eigenvalue weighted by Gasteiger charge is 2.51. The van der Waals surface area contributed by atoms with Crippen molar-refractivity contribution in [3.63, 3.8) is 0 Å². The normalized spacial score (nSPS) is 29.1. The zero-order chi connectivity index (χ0) is 16.7. The molecule has 3 heteroatoms. The molecular weight excluding hydrogens is 342 g/mol. The van der Waals surface area contributed by atoms with Crippen molar-refractivity contribution < 1.29 is 4.74 Å². The maximum absolute atomic E-state index is 6.16. The zero-order valence-electron chi connectivity index (χ0n) is 15.2. The summed E-state index contributed by atoms with van der Waals surface area (Å²) in [4.78, 5) is 0. The molecule has 2 aromatic carbocycles. The largest absolute Gasteiger partial charge is 0.489 e. The average Bonchev–Trinajstić information content (AvgIpc) is 2.67. The minimum absolute atomic E-state index is 0. The molecule has 1 N–H and O–H groups in total. The van der Waals surface area contributed by atoms with Crippen molar-refractivity contribution in [2.24, 2.45) is 5.92 Å². The van der Waals surface area contributed by atoms with Crippen molar-refractivity contribution in [3.8, 4) is 5.75 Å². The van der Waals surface area contributed by atoms with Gasteiger partial charge >= 0.3 is 0 Å². The summed E-state index contributed by atoms with van der Waals surface area (Å²) in [7, 11) is 0. The van der Waals surface area contributed by atoms with E-state index in [1.165, 1.54) is 50.6 Å². The molecule has 2 nitrogen and oxygen atoms in total. The molecule has 2 fully saturated rings. The Kier molecular flexibility index (Phi) is 4.98. The Balaban J connectivity index is 0.00000168. The van der Waals surface area contributed by atoms with Crippen LogP contribution in [0.15, 0.2) is 48.5 Å². The second-order valence-electron chi connectivity index (χ2n) is 8.12. The first kappa shape index (κ1) is 17.9. The van der Waals surface area contributed by atoms with Crippen molar-refractivity contribution >= 4 is 12.4 Å². The molecule has 1 heterocycles. The number of nitrogens with one attached hydrogen (secondary N) is 1. The predicted molar refractivity (Wildman–Crippen MR) is 108 cm³/mol. The Labute approximate surface area is 162 Å². The number of fused-ring (bicyclic) bond motifs is 1. The molecule has 3 atom stereocenters. The average molecular weight is 370 g/mol. The molecule has 2 bridgehead atoms. The fraction of sp³-hybridized carbons (Fsp3) is 0.478. The fourth-order valence-electron chi connectivity index (χ4n) is 5.73. The molecule has 5 rings (SSSR count). The molecule has 1 saturated carbocycles. The van der Waals surface area contributed by atoms with Crippen LogP contribution in [0.2, 0.25) is 0 Å². The second kappa shape index (κ2) is 7.25. The molecule has 0 aromatic heterocycles. The zero-order valence-corrected chi connectivity index (χ0v) is 16.1. The van der Waals surface area contributed by atoms with Gasteiger partial charge in [-0.1, -0.05) is 49.2 Å². The molecule has 0 amide bonds. The van der Waals surface area contributed by atoms with E-state index in [2.05, 4.69) is 53.8 Å². The number of halogens is 1. The third-order valence-electron chi connectivity index (χ3n) is 6.87. The van der Waals surface area contributed by atoms with Gasteiger partial charge in [0.2, 0.25) is 0 Å². The number of ether oxygens (including phenoxy) is 1. The number of rotatable bonds is 3. The Hall–Kier alpha value is -1.51. The number of hydrogen-bond donors (Lipinski definition) is 1. The lowest BCUT2D eigenvalue weighted by Crippen LogP contribution is -2.59.